The van der Waals surface area contributed by atoms with Crippen molar-refractivity contribution < 1.29 is 9.53 Å². The molecular formula is C23H25NO2S. The molecule has 0 aliphatic heterocycles. The van der Waals surface area contributed by atoms with Crippen LogP contribution in [0.3, 0.4) is 0 Å². The van der Waals surface area contributed by atoms with Gasteiger partial charge in [0.25, 0.3) is 0 Å². The molecule has 0 aliphatic rings. The molecule has 0 spiro atoms. The van der Waals surface area contributed by atoms with E-state index in [1.165, 1.54) is 21.6 Å². The monoisotopic (exact) mass is 379 g/mol. The molecule has 0 amide bonds. The molecule has 2 rings (SSSR count). The fourth-order valence-electron chi connectivity index (χ4n) is 2.59. The third-order valence-electron chi connectivity index (χ3n) is 4.12. The maximum Gasteiger partial charge on any atom is 0.349 e. The smallest absolute Gasteiger partial charge is 0.349 e. The van der Waals surface area contributed by atoms with Crippen LogP contribution >= 0.6 is 11.8 Å². The van der Waals surface area contributed by atoms with Crippen molar-refractivity contribution in [1.29, 1.82) is 5.26 Å². The van der Waals surface area contributed by atoms with Crippen LogP contribution in [0.25, 0.3) is 6.08 Å². The normalized spacial score (nSPS) is 11.4. The molecule has 0 atom stereocenters. The van der Waals surface area contributed by atoms with Gasteiger partial charge in [0.15, 0.2) is 0 Å². The summed E-state index contributed by atoms with van der Waals surface area (Å²) in [5, 5.41) is 9.34. The Bertz CT molecular complexity index is 890. The first-order chi connectivity index (χ1) is 12.8. The predicted octanol–water partition coefficient (Wildman–Crippen LogP) is 5.76. The van der Waals surface area contributed by atoms with Crippen LogP contribution in [0.2, 0.25) is 0 Å². The van der Waals surface area contributed by atoms with Gasteiger partial charge in [-0.05, 0) is 75.1 Å². The van der Waals surface area contributed by atoms with E-state index in [0.29, 0.717) is 0 Å². The molecule has 27 heavy (non-hydrogen) atoms. The van der Waals surface area contributed by atoms with Gasteiger partial charge in [0, 0.05) is 10.6 Å². The molecule has 0 heterocycles. The number of esters is 1. The maximum atomic E-state index is 12.1. The number of rotatable bonds is 6. The van der Waals surface area contributed by atoms with E-state index in [1.807, 2.05) is 13.0 Å². The lowest BCUT2D eigenvalue weighted by molar-refractivity contribution is -0.142. The highest BCUT2D eigenvalue weighted by Crippen LogP contribution is 2.27. The second-order valence-corrected chi connectivity index (χ2v) is 7.91. The van der Waals surface area contributed by atoms with E-state index in [9.17, 15) is 10.1 Å². The van der Waals surface area contributed by atoms with Crippen LogP contribution in [0.15, 0.2) is 46.9 Å². The Morgan fingerprint density at radius 1 is 1.15 bits per heavy atom. The molecule has 2 aromatic carbocycles. The zero-order valence-electron chi connectivity index (χ0n) is 16.5. The molecular weight excluding hydrogens is 354 g/mol. The summed E-state index contributed by atoms with van der Waals surface area (Å²) in [4.78, 5) is 13.3. The highest BCUT2D eigenvalue weighted by atomic mass is 32.2. The molecule has 0 fully saturated rings. The Hall–Kier alpha value is -2.51. The number of ether oxygens (including phenoxy) is 1. The zero-order valence-corrected chi connectivity index (χ0v) is 17.3. The van der Waals surface area contributed by atoms with Gasteiger partial charge in [0.2, 0.25) is 0 Å². The van der Waals surface area contributed by atoms with Gasteiger partial charge in [-0.25, -0.2) is 4.79 Å². The van der Waals surface area contributed by atoms with Crippen LogP contribution in [0.4, 0.5) is 0 Å². The van der Waals surface area contributed by atoms with E-state index >= 15 is 0 Å². The molecule has 4 heteroatoms. The molecule has 0 aliphatic carbocycles. The fraction of sp³-hybridized carbons (Fsp3) is 0.304. The summed E-state index contributed by atoms with van der Waals surface area (Å²) in [6.07, 6.45) is 1.37. The number of thioether (sulfide) groups is 1. The van der Waals surface area contributed by atoms with Crippen molar-refractivity contribution in [3.05, 3.63) is 69.8 Å². The Morgan fingerprint density at radius 3 is 2.41 bits per heavy atom. The number of nitriles is 1. The quantitative estimate of drug-likeness (QED) is 0.277. The summed E-state index contributed by atoms with van der Waals surface area (Å²) in [5.41, 5.74) is 5.56. The summed E-state index contributed by atoms with van der Waals surface area (Å²) in [5.74, 6) is 0.247. The molecule has 0 N–H and O–H groups in total. The van der Waals surface area contributed by atoms with Crippen LogP contribution < -0.4 is 0 Å². The molecule has 0 saturated carbocycles. The number of aryl methyl sites for hydroxylation is 3. The average molecular weight is 380 g/mol. The van der Waals surface area contributed by atoms with Crippen LogP contribution in [0, 0.1) is 32.1 Å². The lowest BCUT2D eigenvalue weighted by Gasteiger charge is -2.11. The van der Waals surface area contributed by atoms with E-state index in [0.717, 1.165) is 16.9 Å². The van der Waals surface area contributed by atoms with E-state index in [2.05, 4.69) is 50.2 Å². The van der Waals surface area contributed by atoms with Crippen LogP contribution in [-0.4, -0.2) is 12.1 Å². The Morgan fingerprint density at radius 2 is 1.81 bits per heavy atom. The average Bonchev–Trinajstić information content (AvgIpc) is 2.61. The maximum absolute atomic E-state index is 12.1. The first-order valence-corrected chi connectivity index (χ1v) is 9.91. The van der Waals surface area contributed by atoms with Crippen molar-refractivity contribution in [2.45, 2.75) is 51.4 Å². The summed E-state index contributed by atoms with van der Waals surface area (Å²) < 4.78 is 5.15. The van der Waals surface area contributed by atoms with Crippen molar-refractivity contribution in [3.63, 3.8) is 0 Å². The second-order valence-electron chi connectivity index (χ2n) is 6.86. The van der Waals surface area contributed by atoms with Gasteiger partial charge < -0.3 is 4.74 Å². The summed E-state index contributed by atoms with van der Waals surface area (Å²) in [6, 6.07) is 14.6. The number of hydrogen-bond donors (Lipinski definition) is 0. The minimum atomic E-state index is -0.581. The first-order valence-electron chi connectivity index (χ1n) is 8.92. The molecule has 0 unspecified atom stereocenters. The highest BCUT2D eigenvalue weighted by Gasteiger charge is 2.14. The summed E-state index contributed by atoms with van der Waals surface area (Å²) >= 11 is 1.77. The molecule has 0 saturated heterocycles. The van der Waals surface area contributed by atoms with Crippen molar-refractivity contribution >= 4 is 23.8 Å². The first kappa shape index (κ1) is 20.8. The lowest BCUT2D eigenvalue weighted by atomic mass is 9.99. The molecule has 0 aromatic heterocycles. The fourth-order valence-corrected chi connectivity index (χ4v) is 3.55. The zero-order chi connectivity index (χ0) is 20.0. The van der Waals surface area contributed by atoms with Gasteiger partial charge in [-0.2, -0.15) is 5.26 Å². The minimum absolute atomic E-state index is 0.0211. The molecule has 0 bridgehead atoms. The number of carbonyl (C=O) groups is 1. The molecule has 3 nitrogen and oxygen atoms in total. The van der Waals surface area contributed by atoms with Gasteiger partial charge >= 0.3 is 5.97 Å². The van der Waals surface area contributed by atoms with Gasteiger partial charge in [0.1, 0.15) is 11.6 Å². The number of hydrogen-bond acceptors (Lipinski definition) is 4. The topological polar surface area (TPSA) is 50.1 Å². The van der Waals surface area contributed by atoms with Crippen molar-refractivity contribution in [2.75, 3.05) is 0 Å². The Balaban J connectivity index is 2.26. The Labute approximate surface area is 166 Å². The number of carbonyl (C=O) groups excluding carboxylic acids is 1. The third kappa shape index (κ3) is 6.01. The van der Waals surface area contributed by atoms with Gasteiger partial charge in [-0.1, -0.05) is 29.8 Å². The van der Waals surface area contributed by atoms with Gasteiger partial charge in [-0.15, -0.1) is 11.8 Å². The molecule has 2 aromatic rings. The van der Waals surface area contributed by atoms with E-state index in [1.54, 1.807) is 31.7 Å². The SMILES string of the molecule is Cc1ccc(SCc2cc(/C=C(\C#N)C(=O)OC(C)C)c(C)cc2C)cc1. The highest BCUT2D eigenvalue weighted by molar-refractivity contribution is 7.98. The summed E-state index contributed by atoms with van der Waals surface area (Å²) in [7, 11) is 0. The van der Waals surface area contributed by atoms with Gasteiger partial charge in [-0.3, -0.25) is 0 Å². The molecule has 140 valence electrons. The van der Waals surface area contributed by atoms with E-state index in [-0.39, 0.29) is 11.7 Å². The predicted molar refractivity (Wildman–Crippen MR) is 111 cm³/mol. The second kappa shape index (κ2) is 9.43. The molecule has 0 radical (unpaired) electrons. The number of nitrogens with zero attached hydrogens (tertiary/aromatic N) is 1. The van der Waals surface area contributed by atoms with Crippen molar-refractivity contribution in [3.8, 4) is 6.07 Å². The van der Waals surface area contributed by atoms with Crippen molar-refractivity contribution in [2.24, 2.45) is 0 Å². The number of benzene rings is 2. The standard InChI is InChI=1S/C23H25NO2S/c1-15(2)26-23(25)20(13-24)11-19-12-21(18(5)10-17(19)4)14-27-22-8-6-16(3)7-9-22/h6-12,15H,14H2,1-5H3/b20-11+. The van der Waals surface area contributed by atoms with Crippen molar-refractivity contribution in [1.82, 2.24) is 0 Å². The minimum Gasteiger partial charge on any atom is -0.459 e. The van der Waals surface area contributed by atoms with E-state index in [4.69, 9.17) is 4.74 Å². The Kier molecular flexibility index (Phi) is 7.27. The van der Waals surface area contributed by atoms with Gasteiger partial charge in [0.05, 0.1) is 6.10 Å². The third-order valence-corrected chi connectivity index (χ3v) is 5.18. The van der Waals surface area contributed by atoms with Crippen LogP contribution in [-0.2, 0) is 15.3 Å². The van der Waals surface area contributed by atoms with Crippen LogP contribution in [0.5, 0.6) is 0 Å². The largest absolute Gasteiger partial charge is 0.459 e. The van der Waals surface area contributed by atoms with E-state index < -0.39 is 5.97 Å². The van der Waals surface area contributed by atoms with Crippen LogP contribution in [0.1, 0.15) is 41.7 Å². The summed E-state index contributed by atoms with van der Waals surface area (Å²) in [6.45, 7) is 9.69. The lowest BCUT2D eigenvalue weighted by Crippen LogP contribution is -2.12.